The summed E-state index contributed by atoms with van der Waals surface area (Å²) >= 11 is 1.21. The van der Waals surface area contributed by atoms with E-state index < -0.39 is 9.84 Å². The van der Waals surface area contributed by atoms with Crippen LogP contribution in [-0.4, -0.2) is 31.6 Å². The molecule has 0 amide bonds. The van der Waals surface area contributed by atoms with Gasteiger partial charge < -0.3 is 10.6 Å². The molecule has 2 rings (SSSR count). The number of anilines is 2. The molecule has 0 aromatic carbocycles. The van der Waals surface area contributed by atoms with Gasteiger partial charge in [-0.15, -0.1) is 0 Å². The zero-order chi connectivity index (χ0) is 14.0. The molecule has 0 saturated carbocycles. The Morgan fingerprint density at radius 3 is 2.84 bits per heavy atom. The normalized spacial score (nSPS) is 20.7. The molecule has 0 aliphatic carbocycles. The molecular weight excluding hydrogens is 282 g/mol. The molecule has 1 aliphatic rings. The fourth-order valence-electron chi connectivity index (χ4n) is 2.51. The Balaban J connectivity index is 2.36. The number of hydrogen-bond donors (Lipinski definition) is 1. The standard InChI is InChI=1S/C12H21N3O2S2/c1-3-9-6-5-7-15(8-9)12-10(11(13)14-18-12)19(16,17)4-2/h9H,3-8H2,1-2H3,(H2,13,14). The van der Waals surface area contributed by atoms with Crippen LogP contribution in [0.5, 0.6) is 0 Å². The van der Waals surface area contributed by atoms with Gasteiger partial charge in [0.1, 0.15) is 9.90 Å². The first kappa shape index (κ1) is 14.6. The second-order valence-electron chi connectivity index (χ2n) is 4.97. The number of nitrogens with two attached hydrogens (primary N) is 1. The zero-order valence-electron chi connectivity index (χ0n) is 11.4. The summed E-state index contributed by atoms with van der Waals surface area (Å²) in [5.74, 6) is 0.850. The lowest BCUT2D eigenvalue weighted by Gasteiger charge is -2.33. The van der Waals surface area contributed by atoms with Gasteiger partial charge in [-0.1, -0.05) is 20.3 Å². The summed E-state index contributed by atoms with van der Waals surface area (Å²) in [6.07, 6.45) is 3.44. The van der Waals surface area contributed by atoms with E-state index >= 15 is 0 Å². The molecule has 1 atom stereocenters. The van der Waals surface area contributed by atoms with Crippen molar-refractivity contribution in [2.45, 2.75) is 38.0 Å². The Bertz CT molecular complexity index is 539. The van der Waals surface area contributed by atoms with Crippen molar-refractivity contribution in [3.63, 3.8) is 0 Å². The molecule has 0 spiro atoms. The van der Waals surface area contributed by atoms with Crippen molar-refractivity contribution in [1.29, 1.82) is 0 Å². The smallest absolute Gasteiger partial charge is 0.184 e. The molecule has 2 heterocycles. The molecule has 5 nitrogen and oxygen atoms in total. The molecule has 1 aromatic rings. The lowest BCUT2D eigenvalue weighted by molar-refractivity contribution is 0.405. The molecule has 0 bridgehead atoms. The van der Waals surface area contributed by atoms with Crippen LogP contribution in [0.3, 0.4) is 0 Å². The monoisotopic (exact) mass is 303 g/mol. The molecule has 108 valence electrons. The van der Waals surface area contributed by atoms with Crippen LogP contribution < -0.4 is 10.6 Å². The summed E-state index contributed by atoms with van der Waals surface area (Å²) in [4.78, 5) is 2.39. The second kappa shape index (κ2) is 5.66. The highest BCUT2D eigenvalue weighted by molar-refractivity contribution is 7.91. The highest BCUT2D eigenvalue weighted by Crippen LogP contribution is 2.37. The van der Waals surface area contributed by atoms with Crippen molar-refractivity contribution in [2.24, 2.45) is 5.92 Å². The van der Waals surface area contributed by atoms with Crippen molar-refractivity contribution in [3.05, 3.63) is 0 Å². The number of piperidine rings is 1. The third-order valence-electron chi connectivity index (χ3n) is 3.73. The van der Waals surface area contributed by atoms with Gasteiger partial charge in [0, 0.05) is 13.1 Å². The quantitative estimate of drug-likeness (QED) is 0.922. The van der Waals surface area contributed by atoms with E-state index in [2.05, 4.69) is 16.2 Å². The first-order chi connectivity index (χ1) is 8.99. The van der Waals surface area contributed by atoms with Crippen LogP contribution in [0, 0.1) is 5.92 Å². The Kier molecular flexibility index (Phi) is 4.35. The third kappa shape index (κ3) is 2.86. The highest BCUT2D eigenvalue weighted by atomic mass is 32.2. The van der Waals surface area contributed by atoms with Gasteiger partial charge in [-0.05, 0) is 30.3 Å². The van der Waals surface area contributed by atoms with Gasteiger partial charge in [-0.2, -0.15) is 4.37 Å². The molecule has 7 heteroatoms. The topological polar surface area (TPSA) is 76.3 Å². The van der Waals surface area contributed by atoms with Gasteiger partial charge in [0.25, 0.3) is 0 Å². The van der Waals surface area contributed by atoms with E-state index in [-0.39, 0.29) is 16.5 Å². The first-order valence-electron chi connectivity index (χ1n) is 6.72. The summed E-state index contributed by atoms with van der Waals surface area (Å²) < 4.78 is 28.4. The first-order valence-corrected chi connectivity index (χ1v) is 9.15. The zero-order valence-corrected chi connectivity index (χ0v) is 13.1. The Morgan fingerprint density at radius 2 is 2.21 bits per heavy atom. The van der Waals surface area contributed by atoms with Gasteiger partial charge in [0.2, 0.25) is 0 Å². The maximum absolute atomic E-state index is 12.2. The van der Waals surface area contributed by atoms with E-state index in [1.807, 2.05) is 0 Å². The summed E-state index contributed by atoms with van der Waals surface area (Å²) in [7, 11) is -3.31. The van der Waals surface area contributed by atoms with Crippen LogP contribution >= 0.6 is 11.5 Å². The largest absolute Gasteiger partial charge is 0.382 e. The Morgan fingerprint density at radius 1 is 1.47 bits per heavy atom. The third-order valence-corrected chi connectivity index (χ3v) is 6.57. The van der Waals surface area contributed by atoms with Crippen LogP contribution in [-0.2, 0) is 9.84 Å². The fourth-order valence-corrected chi connectivity index (χ4v) is 4.85. The van der Waals surface area contributed by atoms with Crippen LogP contribution in [0.25, 0.3) is 0 Å². The molecule has 1 aliphatic heterocycles. The molecule has 1 fully saturated rings. The van der Waals surface area contributed by atoms with Gasteiger partial charge >= 0.3 is 0 Å². The van der Waals surface area contributed by atoms with E-state index in [9.17, 15) is 8.42 Å². The number of rotatable bonds is 4. The molecule has 2 N–H and O–H groups in total. The van der Waals surface area contributed by atoms with Crippen LogP contribution in [0.4, 0.5) is 10.8 Å². The molecular formula is C12H21N3O2S2. The fraction of sp³-hybridized carbons (Fsp3) is 0.750. The minimum atomic E-state index is -3.31. The molecule has 1 saturated heterocycles. The summed E-state index contributed by atoms with van der Waals surface area (Å²) in [6.45, 7) is 5.62. The van der Waals surface area contributed by atoms with E-state index in [4.69, 9.17) is 5.73 Å². The Hall–Kier alpha value is -0.820. The van der Waals surface area contributed by atoms with E-state index in [0.717, 1.165) is 30.9 Å². The molecule has 19 heavy (non-hydrogen) atoms. The van der Waals surface area contributed by atoms with Crippen molar-refractivity contribution in [3.8, 4) is 0 Å². The number of nitrogens with zero attached hydrogens (tertiary/aromatic N) is 2. The predicted octanol–water partition coefficient (Wildman–Crippen LogP) is 2.15. The maximum atomic E-state index is 12.2. The van der Waals surface area contributed by atoms with Crippen LogP contribution in [0.2, 0.25) is 0 Å². The number of nitrogen functional groups attached to an aromatic ring is 1. The average Bonchev–Trinajstić information content (AvgIpc) is 2.81. The number of sulfone groups is 1. The van der Waals surface area contributed by atoms with Crippen molar-refractivity contribution >= 4 is 32.2 Å². The summed E-state index contributed by atoms with van der Waals surface area (Å²) in [5, 5.41) is 0.734. The minimum Gasteiger partial charge on any atom is -0.382 e. The average molecular weight is 303 g/mol. The Labute approximate surface area is 118 Å². The maximum Gasteiger partial charge on any atom is 0.184 e. The van der Waals surface area contributed by atoms with Gasteiger partial charge in [-0.25, -0.2) is 8.42 Å². The summed E-state index contributed by atoms with van der Waals surface area (Å²) in [6, 6.07) is 0. The van der Waals surface area contributed by atoms with Crippen molar-refractivity contribution in [1.82, 2.24) is 4.37 Å². The lowest BCUT2D eigenvalue weighted by atomic mass is 9.96. The van der Waals surface area contributed by atoms with Gasteiger partial charge in [0.05, 0.1) is 5.75 Å². The van der Waals surface area contributed by atoms with E-state index in [1.54, 1.807) is 6.92 Å². The van der Waals surface area contributed by atoms with Crippen molar-refractivity contribution < 1.29 is 8.42 Å². The van der Waals surface area contributed by atoms with Crippen molar-refractivity contribution in [2.75, 3.05) is 29.5 Å². The van der Waals surface area contributed by atoms with E-state index in [0.29, 0.717) is 5.92 Å². The predicted molar refractivity (Wildman–Crippen MR) is 79.5 cm³/mol. The van der Waals surface area contributed by atoms with Crippen LogP contribution in [0.15, 0.2) is 4.90 Å². The molecule has 1 unspecified atom stereocenters. The van der Waals surface area contributed by atoms with Gasteiger partial charge in [-0.3, -0.25) is 0 Å². The van der Waals surface area contributed by atoms with E-state index in [1.165, 1.54) is 18.0 Å². The molecule has 1 aromatic heterocycles. The lowest BCUT2D eigenvalue weighted by Crippen LogP contribution is -2.35. The molecule has 0 radical (unpaired) electrons. The van der Waals surface area contributed by atoms with Crippen LogP contribution in [0.1, 0.15) is 33.1 Å². The highest BCUT2D eigenvalue weighted by Gasteiger charge is 2.29. The second-order valence-corrected chi connectivity index (χ2v) is 7.93. The number of aromatic nitrogens is 1. The summed E-state index contributed by atoms with van der Waals surface area (Å²) in [5.41, 5.74) is 5.77. The van der Waals surface area contributed by atoms with Gasteiger partial charge in [0.15, 0.2) is 15.7 Å². The minimum absolute atomic E-state index is 0.0632. The SMILES string of the molecule is CCC1CCCN(c2snc(N)c2S(=O)(=O)CC)C1. The number of hydrogen-bond acceptors (Lipinski definition) is 6.